The number of pyridine rings is 1. The second-order valence-corrected chi connectivity index (χ2v) is 5.49. The third-order valence-corrected chi connectivity index (χ3v) is 4.12. The highest BCUT2D eigenvalue weighted by Gasteiger charge is 2.06. The average molecular weight is 277 g/mol. The van der Waals surface area contributed by atoms with E-state index in [0.717, 1.165) is 22.3 Å². The minimum absolute atomic E-state index is 0.860. The van der Waals surface area contributed by atoms with Gasteiger partial charge in [0, 0.05) is 10.9 Å². The van der Waals surface area contributed by atoms with E-state index in [9.17, 15) is 0 Å². The minimum atomic E-state index is 0.860. The molecule has 0 radical (unpaired) electrons. The molecule has 0 saturated carbocycles. The molecule has 0 aliphatic rings. The predicted molar refractivity (Wildman–Crippen MR) is 87.9 cm³/mol. The summed E-state index contributed by atoms with van der Waals surface area (Å²) in [6, 6.07) is 14.6. The van der Waals surface area contributed by atoms with Crippen molar-refractivity contribution in [1.29, 1.82) is 0 Å². The van der Waals surface area contributed by atoms with Gasteiger partial charge < -0.3 is 4.74 Å². The Morgan fingerprint density at radius 3 is 2.24 bits per heavy atom. The Kier molecular flexibility index (Phi) is 3.38. The lowest BCUT2D eigenvalue weighted by atomic mass is 9.98. The summed E-state index contributed by atoms with van der Waals surface area (Å²) >= 11 is 0. The van der Waals surface area contributed by atoms with Gasteiger partial charge in [-0.05, 0) is 73.9 Å². The number of benzene rings is 2. The van der Waals surface area contributed by atoms with E-state index in [1.165, 1.54) is 22.3 Å². The van der Waals surface area contributed by atoms with E-state index >= 15 is 0 Å². The second-order valence-electron chi connectivity index (χ2n) is 5.49. The monoisotopic (exact) mass is 277 g/mol. The number of nitrogens with zero attached hydrogens (tertiary/aromatic N) is 1. The fourth-order valence-electron chi connectivity index (χ4n) is 2.57. The van der Waals surface area contributed by atoms with Crippen LogP contribution in [-0.2, 0) is 0 Å². The van der Waals surface area contributed by atoms with E-state index in [1.807, 2.05) is 18.2 Å². The van der Waals surface area contributed by atoms with Crippen LogP contribution in [0.2, 0.25) is 0 Å². The van der Waals surface area contributed by atoms with Gasteiger partial charge in [0.25, 0.3) is 0 Å². The molecule has 0 bridgehead atoms. The summed E-state index contributed by atoms with van der Waals surface area (Å²) in [5.41, 5.74) is 7.14. The molecular weight excluding hydrogens is 258 g/mol. The van der Waals surface area contributed by atoms with Crippen molar-refractivity contribution >= 4 is 10.9 Å². The van der Waals surface area contributed by atoms with Crippen LogP contribution in [0.3, 0.4) is 0 Å². The number of aryl methyl sites for hydroxylation is 2. The summed E-state index contributed by atoms with van der Waals surface area (Å²) in [6.07, 6.45) is 0. The van der Waals surface area contributed by atoms with Crippen LogP contribution in [0.1, 0.15) is 16.7 Å². The van der Waals surface area contributed by atoms with Gasteiger partial charge in [0.15, 0.2) is 0 Å². The quantitative estimate of drug-likeness (QED) is 0.669. The lowest BCUT2D eigenvalue weighted by Gasteiger charge is -2.10. The maximum atomic E-state index is 5.25. The summed E-state index contributed by atoms with van der Waals surface area (Å²) in [4.78, 5) is 4.78. The molecule has 1 aromatic heterocycles. The van der Waals surface area contributed by atoms with Gasteiger partial charge >= 0.3 is 0 Å². The molecule has 0 saturated heterocycles. The van der Waals surface area contributed by atoms with Crippen molar-refractivity contribution in [2.24, 2.45) is 0 Å². The Morgan fingerprint density at radius 1 is 0.857 bits per heavy atom. The summed E-state index contributed by atoms with van der Waals surface area (Å²) in [7, 11) is 1.68. The molecule has 0 N–H and O–H groups in total. The van der Waals surface area contributed by atoms with E-state index in [1.54, 1.807) is 7.11 Å². The molecule has 21 heavy (non-hydrogen) atoms. The van der Waals surface area contributed by atoms with Gasteiger partial charge in [-0.2, -0.15) is 0 Å². The molecule has 0 fully saturated rings. The Balaban J connectivity index is 2.13. The number of rotatable bonds is 2. The van der Waals surface area contributed by atoms with Crippen LogP contribution in [0.25, 0.3) is 22.2 Å². The van der Waals surface area contributed by atoms with E-state index in [0.29, 0.717) is 0 Å². The van der Waals surface area contributed by atoms with Crippen LogP contribution in [0.4, 0.5) is 0 Å². The molecule has 3 aromatic rings. The molecule has 2 nitrogen and oxygen atoms in total. The van der Waals surface area contributed by atoms with Crippen LogP contribution in [0.15, 0.2) is 42.5 Å². The van der Waals surface area contributed by atoms with Crippen molar-refractivity contribution in [3.05, 3.63) is 59.2 Å². The van der Waals surface area contributed by atoms with E-state index < -0.39 is 0 Å². The molecule has 106 valence electrons. The second kappa shape index (κ2) is 5.21. The van der Waals surface area contributed by atoms with Crippen molar-refractivity contribution in [3.8, 4) is 17.0 Å². The zero-order valence-electron chi connectivity index (χ0n) is 12.9. The van der Waals surface area contributed by atoms with Gasteiger partial charge in [0.1, 0.15) is 5.75 Å². The molecule has 0 spiro atoms. The number of ether oxygens (including phenoxy) is 1. The van der Waals surface area contributed by atoms with Crippen molar-refractivity contribution in [2.45, 2.75) is 20.8 Å². The van der Waals surface area contributed by atoms with Gasteiger partial charge in [0.05, 0.1) is 18.3 Å². The fraction of sp³-hybridized carbons (Fsp3) is 0.211. The summed E-state index contributed by atoms with van der Waals surface area (Å²) < 4.78 is 5.25. The molecule has 0 aliphatic carbocycles. The number of aromatic nitrogens is 1. The summed E-state index contributed by atoms with van der Waals surface area (Å²) in [6.45, 7) is 6.46. The topological polar surface area (TPSA) is 22.1 Å². The molecule has 0 unspecified atom stereocenters. The Hall–Kier alpha value is -2.35. The lowest BCUT2D eigenvalue weighted by molar-refractivity contribution is 0.415. The molecule has 0 amide bonds. The fourth-order valence-corrected chi connectivity index (χ4v) is 2.57. The third-order valence-electron chi connectivity index (χ3n) is 4.12. The van der Waals surface area contributed by atoms with Crippen LogP contribution >= 0.6 is 0 Å². The first kappa shape index (κ1) is 13.6. The standard InChI is InChI=1S/C19H19NO/c1-12-9-16(10-13(2)14(12)3)19-7-5-15-11-17(21-4)6-8-18(15)20-19/h5-11H,1-4H3. The maximum Gasteiger partial charge on any atom is 0.119 e. The van der Waals surface area contributed by atoms with Gasteiger partial charge in [0.2, 0.25) is 0 Å². The molecule has 3 rings (SSSR count). The first-order valence-electron chi connectivity index (χ1n) is 7.11. The zero-order chi connectivity index (χ0) is 15.0. The highest BCUT2D eigenvalue weighted by Crippen LogP contribution is 2.26. The number of methoxy groups -OCH3 is 1. The molecule has 0 atom stereocenters. The molecule has 1 heterocycles. The van der Waals surface area contributed by atoms with Crippen molar-refractivity contribution in [1.82, 2.24) is 4.98 Å². The highest BCUT2D eigenvalue weighted by atomic mass is 16.5. The summed E-state index contributed by atoms with van der Waals surface area (Å²) in [5.74, 6) is 0.860. The third kappa shape index (κ3) is 2.49. The minimum Gasteiger partial charge on any atom is -0.497 e. The normalized spacial score (nSPS) is 10.9. The molecule has 2 aromatic carbocycles. The Labute approximate surface area is 125 Å². The van der Waals surface area contributed by atoms with Gasteiger partial charge in [-0.25, -0.2) is 4.98 Å². The van der Waals surface area contributed by atoms with E-state index in [-0.39, 0.29) is 0 Å². The van der Waals surface area contributed by atoms with Crippen molar-refractivity contribution in [2.75, 3.05) is 7.11 Å². The van der Waals surface area contributed by atoms with Gasteiger partial charge in [-0.3, -0.25) is 0 Å². The SMILES string of the molecule is COc1ccc2nc(-c3cc(C)c(C)c(C)c3)ccc2c1. The van der Waals surface area contributed by atoms with Gasteiger partial charge in [-0.15, -0.1) is 0 Å². The Morgan fingerprint density at radius 2 is 1.57 bits per heavy atom. The number of hydrogen-bond acceptors (Lipinski definition) is 2. The average Bonchev–Trinajstić information content (AvgIpc) is 2.51. The molecule has 0 aliphatic heterocycles. The van der Waals surface area contributed by atoms with E-state index in [2.05, 4.69) is 45.0 Å². The van der Waals surface area contributed by atoms with E-state index in [4.69, 9.17) is 9.72 Å². The van der Waals surface area contributed by atoms with Crippen molar-refractivity contribution in [3.63, 3.8) is 0 Å². The first-order valence-corrected chi connectivity index (χ1v) is 7.11. The van der Waals surface area contributed by atoms with Crippen LogP contribution in [0.5, 0.6) is 5.75 Å². The van der Waals surface area contributed by atoms with Gasteiger partial charge in [-0.1, -0.05) is 6.07 Å². The number of hydrogen-bond donors (Lipinski definition) is 0. The smallest absolute Gasteiger partial charge is 0.119 e. The predicted octanol–water partition coefficient (Wildman–Crippen LogP) is 4.84. The Bertz CT molecular complexity index is 798. The molecule has 2 heteroatoms. The highest BCUT2D eigenvalue weighted by molar-refractivity contribution is 5.83. The summed E-state index contributed by atoms with van der Waals surface area (Å²) in [5, 5.41) is 1.10. The molecular formula is C19H19NO. The largest absolute Gasteiger partial charge is 0.497 e. The maximum absolute atomic E-state index is 5.25. The van der Waals surface area contributed by atoms with Crippen LogP contribution < -0.4 is 4.74 Å². The van der Waals surface area contributed by atoms with Crippen LogP contribution in [-0.4, -0.2) is 12.1 Å². The van der Waals surface area contributed by atoms with Crippen LogP contribution in [0, 0.1) is 20.8 Å². The number of fused-ring (bicyclic) bond motifs is 1. The zero-order valence-corrected chi connectivity index (χ0v) is 12.9. The first-order chi connectivity index (χ1) is 10.1. The van der Waals surface area contributed by atoms with Crippen molar-refractivity contribution < 1.29 is 4.74 Å². The lowest BCUT2D eigenvalue weighted by Crippen LogP contribution is -1.91.